The first-order chi connectivity index (χ1) is 15.9. The van der Waals surface area contributed by atoms with Crippen molar-refractivity contribution in [3.8, 4) is 17.2 Å². The molecule has 3 aromatic rings. The van der Waals surface area contributed by atoms with Gasteiger partial charge in [-0.3, -0.25) is 14.6 Å². The number of halogens is 1. The van der Waals surface area contributed by atoms with E-state index in [2.05, 4.69) is 41.5 Å². The van der Waals surface area contributed by atoms with Crippen LogP contribution in [0.3, 0.4) is 0 Å². The van der Waals surface area contributed by atoms with Gasteiger partial charge in [-0.15, -0.1) is 0 Å². The van der Waals surface area contributed by atoms with Crippen LogP contribution < -0.4 is 20.1 Å². The summed E-state index contributed by atoms with van der Waals surface area (Å²) in [6, 6.07) is 8.63. The van der Waals surface area contributed by atoms with Gasteiger partial charge >= 0.3 is 0 Å². The Kier molecular flexibility index (Phi) is 6.55. The Labute approximate surface area is 199 Å². The van der Waals surface area contributed by atoms with E-state index in [1.165, 1.54) is 18.7 Å². The second-order valence-corrected chi connectivity index (χ2v) is 8.53. The quantitative estimate of drug-likeness (QED) is 0.474. The fourth-order valence-electron chi connectivity index (χ4n) is 3.17. The van der Waals surface area contributed by atoms with Gasteiger partial charge in [-0.1, -0.05) is 0 Å². The van der Waals surface area contributed by atoms with Crippen molar-refractivity contribution in [3.05, 3.63) is 71.0 Å². The molecule has 1 saturated carbocycles. The lowest BCUT2D eigenvalue weighted by molar-refractivity contribution is -0.124. The van der Waals surface area contributed by atoms with Crippen molar-refractivity contribution < 1.29 is 19.1 Å². The van der Waals surface area contributed by atoms with E-state index < -0.39 is 5.54 Å². The number of ether oxygens (including phenoxy) is 2. The Morgan fingerprint density at radius 3 is 2.42 bits per heavy atom. The fourth-order valence-corrected chi connectivity index (χ4v) is 3.61. The minimum Gasteiger partial charge on any atom is -0.497 e. The molecule has 0 spiro atoms. The number of hydrogen-bond donors (Lipinski definition) is 2. The number of nitrogens with one attached hydrogen (secondary N) is 2. The van der Waals surface area contributed by atoms with Crippen LogP contribution in [0.2, 0.25) is 0 Å². The summed E-state index contributed by atoms with van der Waals surface area (Å²) in [7, 11) is 1.60. The molecule has 1 fully saturated rings. The van der Waals surface area contributed by atoms with E-state index in [9.17, 15) is 9.59 Å². The molecule has 170 valence electrons. The maximum absolute atomic E-state index is 12.9. The third-order valence-corrected chi connectivity index (χ3v) is 5.90. The Morgan fingerprint density at radius 1 is 1.09 bits per heavy atom. The largest absolute Gasteiger partial charge is 0.497 e. The van der Waals surface area contributed by atoms with E-state index in [0.29, 0.717) is 41.3 Å². The van der Waals surface area contributed by atoms with Gasteiger partial charge < -0.3 is 20.1 Å². The molecule has 1 atom stereocenters. The van der Waals surface area contributed by atoms with E-state index in [1.54, 1.807) is 37.6 Å². The van der Waals surface area contributed by atoms with Crippen molar-refractivity contribution in [2.24, 2.45) is 0 Å². The van der Waals surface area contributed by atoms with Gasteiger partial charge in [-0.2, -0.15) is 0 Å². The minimum absolute atomic E-state index is 0.246. The number of rotatable bonds is 8. The lowest BCUT2D eigenvalue weighted by atomic mass is 10.1. The molecule has 0 unspecified atom stereocenters. The summed E-state index contributed by atoms with van der Waals surface area (Å²) in [5.41, 5.74) is 0.0682. The van der Waals surface area contributed by atoms with Crippen molar-refractivity contribution >= 4 is 27.7 Å². The summed E-state index contributed by atoms with van der Waals surface area (Å²) >= 11 is 3.46. The van der Waals surface area contributed by atoms with Crippen molar-refractivity contribution in [2.45, 2.75) is 31.3 Å². The van der Waals surface area contributed by atoms with Gasteiger partial charge in [0.15, 0.2) is 0 Å². The molecule has 0 aliphatic heterocycles. The first-order valence-corrected chi connectivity index (χ1v) is 11.1. The predicted octanol–water partition coefficient (Wildman–Crippen LogP) is 3.57. The van der Waals surface area contributed by atoms with Crippen molar-refractivity contribution in [2.75, 3.05) is 7.11 Å². The topological polar surface area (TPSA) is 115 Å². The number of hydrogen-bond acceptors (Lipinski definition) is 7. The number of amides is 2. The number of aromatic nitrogens is 3. The molecule has 33 heavy (non-hydrogen) atoms. The smallest absolute Gasteiger partial charge is 0.255 e. The average Bonchev–Trinajstić information content (AvgIpc) is 3.62. The molecule has 1 aromatic carbocycles. The molecule has 2 aromatic heterocycles. The van der Waals surface area contributed by atoms with E-state index >= 15 is 0 Å². The van der Waals surface area contributed by atoms with E-state index in [1.807, 2.05) is 13.0 Å². The highest BCUT2D eigenvalue weighted by Gasteiger charge is 2.51. The van der Waals surface area contributed by atoms with Gasteiger partial charge in [0.05, 0.1) is 35.1 Å². The van der Waals surface area contributed by atoms with Gasteiger partial charge in [0.25, 0.3) is 5.91 Å². The fraction of sp³-hybridized carbons (Fsp3) is 0.261. The van der Waals surface area contributed by atoms with Crippen molar-refractivity contribution in [3.63, 3.8) is 0 Å². The molecule has 1 aliphatic rings. The molecule has 10 heteroatoms. The zero-order valence-corrected chi connectivity index (χ0v) is 19.6. The SMILES string of the molecule is COc1ccc(Oc2ccc([C@H](C)NC(=O)C3(NC(=O)c4cncnc4)CC3)nc2)c(Br)c1. The Hall–Kier alpha value is -3.53. The summed E-state index contributed by atoms with van der Waals surface area (Å²) in [4.78, 5) is 37.3. The monoisotopic (exact) mass is 511 g/mol. The standard InChI is InChI=1S/C23H22BrN5O4/c1-14(28-22(31)23(7-8-23)29-21(30)15-10-25-13-26-11-15)19-5-3-17(12-27-19)33-20-6-4-16(32-2)9-18(20)24/h3-6,9-14H,7-8H2,1-2H3,(H,28,31)(H,29,30)/t14-/m0/s1. The summed E-state index contributed by atoms with van der Waals surface area (Å²) in [5.74, 6) is 1.28. The molecule has 0 bridgehead atoms. The molecule has 1 aliphatic carbocycles. The number of nitrogens with zero attached hydrogens (tertiary/aromatic N) is 3. The van der Waals surface area contributed by atoms with Gasteiger partial charge in [0, 0.05) is 12.4 Å². The second kappa shape index (κ2) is 9.53. The van der Waals surface area contributed by atoms with E-state index in [4.69, 9.17) is 9.47 Å². The minimum atomic E-state index is -0.912. The first-order valence-electron chi connectivity index (χ1n) is 10.3. The van der Waals surface area contributed by atoms with Crippen LogP contribution in [-0.2, 0) is 4.79 Å². The van der Waals surface area contributed by atoms with Crippen molar-refractivity contribution in [1.82, 2.24) is 25.6 Å². The number of carbonyl (C=O) groups excluding carboxylic acids is 2. The number of methoxy groups -OCH3 is 1. The summed E-state index contributed by atoms with van der Waals surface area (Å²) in [6.07, 6.45) is 6.91. The number of pyridine rings is 1. The Balaban J connectivity index is 1.36. The van der Waals surface area contributed by atoms with Gasteiger partial charge in [0.1, 0.15) is 29.1 Å². The number of benzene rings is 1. The summed E-state index contributed by atoms with van der Waals surface area (Å²) in [5, 5.41) is 5.74. The van der Waals surface area contributed by atoms with Crippen LogP contribution in [-0.4, -0.2) is 39.4 Å². The first kappa shape index (κ1) is 22.7. The summed E-state index contributed by atoms with van der Waals surface area (Å²) < 4.78 is 11.8. The molecular weight excluding hydrogens is 490 g/mol. The van der Waals surface area contributed by atoms with Crippen LogP contribution in [0.15, 0.2) is 59.7 Å². The second-order valence-electron chi connectivity index (χ2n) is 7.68. The third-order valence-electron chi connectivity index (χ3n) is 5.28. The lowest BCUT2D eigenvalue weighted by Crippen LogP contribution is -2.49. The molecule has 2 N–H and O–H groups in total. The maximum atomic E-state index is 12.9. The van der Waals surface area contributed by atoms with Crippen LogP contribution >= 0.6 is 15.9 Å². The highest BCUT2D eigenvalue weighted by molar-refractivity contribution is 9.10. The third kappa shape index (κ3) is 5.28. The lowest BCUT2D eigenvalue weighted by Gasteiger charge is -2.20. The molecule has 4 rings (SSSR count). The van der Waals surface area contributed by atoms with Crippen LogP contribution in [0.1, 0.15) is 41.9 Å². The average molecular weight is 512 g/mol. The van der Waals surface area contributed by atoms with Gasteiger partial charge in [0.2, 0.25) is 5.91 Å². The zero-order valence-electron chi connectivity index (χ0n) is 18.0. The molecule has 2 heterocycles. The Bertz CT molecular complexity index is 1150. The maximum Gasteiger partial charge on any atom is 0.255 e. The molecule has 2 amide bonds. The normalized spacial score (nSPS) is 14.6. The van der Waals surface area contributed by atoms with Crippen LogP contribution in [0.4, 0.5) is 0 Å². The van der Waals surface area contributed by atoms with Gasteiger partial charge in [-0.05, 0) is 66.0 Å². The highest BCUT2D eigenvalue weighted by Crippen LogP contribution is 2.37. The van der Waals surface area contributed by atoms with Crippen LogP contribution in [0, 0.1) is 0 Å². The van der Waals surface area contributed by atoms with Crippen LogP contribution in [0.25, 0.3) is 0 Å². The molecule has 0 radical (unpaired) electrons. The predicted molar refractivity (Wildman–Crippen MR) is 123 cm³/mol. The van der Waals surface area contributed by atoms with Gasteiger partial charge in [-0.25, -0.2) is 9.97 Å². The zero-order chi connectivity index (χ0) is 23.4. The Morgan fingerprint density at radius 2 is 1.82 bits per heavy atom. The highest BCUT2D eigenvalue weighted by atomic mass is 79.9. The number of carbonyl (C=O) groups is 2. The molecule has 0 saturated heterocycles. The van der Waals surface area contributed by atoms with E-state index in [0.717, 1.165) is 4.47 Å². The molecular formula is C23H22BrN5O4. The van der Waals surface area contributed by atoms with Crippen molar-refractivity contribution in [1.29, 1.82) is 0 Å². The van der Waals surface area contributed by atoms with E-state index in [-0.39, 0.29) is 17.9 Å². The van der Waals surface area contributed by atoms with Crippen LogP contribution in [0.5, 0.6) is 17.2 Å². The molecule has 9 nitrogen and oxygen atoms in total. The summed E-state index contributed by atoms with van der Waals surface area (Å²) in [6.45, 7) is 1.84.